The predicted octanol–water partition coefficient (Wildman–Crippen LogP) is 2.78. The zero-order valence-corrected chi connectivity index (χ0v) is 35.4. The van der Waals surface area contributed by atoms with Crippen LogP contribution in [-0.4, -0.2) is 105 Å². The molecule has 2 aromatic carbocycles. The van der Waals surface area contributed by atoms with Crippen molar-refractivity contribution in [1.29, 1.82) is 0 Å². The standard InChI is InChI=1S/2C20H22N5O4S.Fe/c2*26-18(17-6-3-13-24(17)19(27)14-4-1-2-5-14)21-11-12-22-20(30)23-15-7-9-16(10-8-15)25(28)29;/h2*1-2,4-5,7-10,17H,3,6,11-13H2,(H,21,26)(H2,22,23,30);/q;;+2/t2*17-;/m00./s1. The average Bonchev–Trinajstić information content (AvgIpc) is 4.09. The van der Waals surface area contributed by atoms with Crippen molar-refractivity contribution in [3.05, 3.63) is 132 Å². The monoisotopic (exact) mass is 912 g/mol. The van der Waals surface area contributed by atoms with Crippen molar-refractivity contribution in [3.8, 4) is 0 Å². The van der Waals surface area contributed by atoms with E-state index in [4.69, 9.17) is 24.4 Å². The molecular weight excluding hydrogens is 868 g/mol. The van der Waals surface area contributed by atoms with Crippen LogP contribution in [-0.2, 0) is 36.2 Å². The van der Waals surface area contributed by atoms with Crippen LogP contribution in [0.25, 0.3) is 0 Å². The summed E-state index contributed by atoms with van der Waals surface area (Å²) in [5, 5.41) is 39.5. The van der Waals surface area contributed by atoms with Gasteiger partial charge in [0.05, 0.1) is 21.7 Å². The van der Waals surface area contributed by atoms with Gasteiger partial charge in [-0.1, -0.05) is 0 Å². The number of rotatable bonds is 14. The third-order valence-electron chi connectivity index (χ3n) is 9.54. The van der Waals surface area contributed by atoms with Gasteiger partial charge in [0.2, 0.25) is 23.6 Å². The number of non-ortho nitro benzene ring substituents is 2. The van der Waals surface area contributed by atoms with Crippen molar-refractivity contribution in [3.63, 3.8) is 0 Å². The van der Waals surface area contributed by atoms with Crippen LogP contribution in [0.3, 0.4) is 0 Å². The summed E-state index contributed by atoms with van der Waals surface area (Å²) in [6, 6.07) is 10.9. The predicted molar refractivity (Wildman–Crippen MR) is 231 cm³/mol. The molecule has 2 aromatic rings. The van der Waals surface area contributed by atoms with Gasteiger partial charge < -0.3 is 41.7 Å². The van der Waals surface area contributed by atoms with Crippen LogP contribution in [0.4, 0.5) is 22.7 Å². The molecule has 0 aromatic heterocycles. The van der Waals surface area contributed by atoms with Crippen molar-refractivity contribution in [1.82, 2.24) is 31.1 Å². The molecule has 21 heteroatoms. The maximum Gasteiger partial charge on any atom is 2.00 e. The zero-order chi connectivity index (χ0) is 43.0. The van der Waals surface area contributed by atoms with E-state index in [2.05, 4.69) is 31.9 Å². The van der Waals surface area contributed by atoms with Crippen LogP contribution in [0.2, 0.25) is 0 Å². The number of hydrogen-bond acceptors (Lipinski definition) is 10. The minimum Gasteiger partial charge on any atom is -0.361 e. The largest absolute Gasteiger partial charge is 2.00 e. The van der Waals surface area contributed by atoms with Gasteiger partial charge in [-0.15, -0.1) is 0 Å². The van der Waals surface area contributed by atoms with Crippen molar-refractivity contribution >= 4 is 81.0 Å². The molecule has 320 valence electrons. The van der Waals surface area contributed by atoms with Crippen LogP contribution in [0.15, 0.2) is 48.5 Å². The maximum atomic E-state index is 12.5. The summed E-state index contributed by atoms with van der Waals surface area (Å²) < 4.78 is 0. The average molecular weight is 913 g/mol. The van der Waals surface area contributed by atoms with Crippen LogP contribution >= 0.6 is 24.4 Å². The van der Waals surface area contributed by atoms with Gasteiger partial charge in [-0.25, -0.2) is 0 Å². The first-order valence-electron chi connectivity index (χ1n) is 19.1. The molecule has 0 bridgehead atoms. The fourth-order valence-electron chi connectivity index (χ4n) is 6.57. The number of anilines is 2. The van der Waals surface area contributed by atoms with E-state index in [-0.39, 0.29) is 52.1 Å². The first-order chi connectivity index (χ1) is 28.9. The Kier molecular flexibility index (Phi) is 19.5. The first-order valence-corrected chi connectivity index (χ1v) is 19.9. The molecule has 0 unspecified atom stereocenters. The molecule has 4 fully saturated rings. The number of nitro groups is 2. The minimum absolute atomic E-state index is 0. The molecule has 6 rings (SSSR count). The molecule has 2 aliphatic carbocycles. The molecule has 2 saturated heterocycles. The summed E-state index contributed by atoms with van der Waals surface area (Å²) in [6.07, 6.45) is 17.1. The molecule has 6 N–H and O–H groups in total. The number of likely N-dealkylation sites (tertiary alicyclic amines) is 2. The van der Waals surface area contributed by atoms with Gasteiger partial charge in [-0.3, -0.25) is 39.4 Å². The molecule has 4 aliphatic rings. The molecule has 2 saturated carbocycles. The van der Waals surface area contributed by atoms with E-state index in [1.165, 1.54) is 24.3 Å². The number of benzene rings is 2. The summed E-state index contributed by atoms with van der Waals surface area (Å²) in [4.78, 5) is 73.8. The summed E-state index contributed by atoms with van der Waals surface area (Å²) in [7, 11) is 0. The van der Waals surface area contributed by atoms with Crippen LogP contribution in [0.1, 0.15) is 25.7 Å². The zero-order valence-electron chi connectivity index (χ0n) is 32.7. The smallest absolute Gasteiger partial charge is 0.361 e. The third kappa shape index (κ3) is 14.6. The number of hydrogen-bond donors (Lipinski definition) is 6. The molecule has 61 heavy (non-hydrogen) atoms. The minimum atomic E-state index is -0.470. The second-order valence-electron chi connectivity index (χ2n) is 13.6. The normalized spacial score (nSPS) is 18.5. The summed E-state index contributed by atoms with van der Waals surface area (Å²) in [6.45, 7) is 2.63. The Morgan fingerprint density at radius 3 is 1.23 bits per heavy atom. The molecule has 2 atom stereocenters. The summed E-state index contributed by atoms with van der Waals surface area (Å²) in [5.74, 6) is 0.596. The number of thiocarbonyl (C=S) groups is 2. The maximum absolute atomic E-state index is 12.5. The van der Waals surface area contributed by atoms with E-state index in [1.54, 1.807) is 85.4 Å². The fourth-order valence-corrected chi connectivity index (χ4v) is 7.01. The Bertz CT molecular complexity index is 1730. The van der Waals surface area contributed by atoms with E-state index in [0.29, 0.717) is 85.5 Å². The quantitative estimate of drug-likeness (QED) is 0.0527. The van der Waals surface area contributed by atoms with Crippen molar-refractivity contribution in [2.45, 2.75) is 37.8 Å². The summed E-state index contributed by atoms with van der Waals surface area (Å²) in [5.41, 5.74) is 1.24. The Morgan fingerprint density at radius 1 is 0.574 bits per heavy atom. The molecule has 4 amide bonds. The van der Waals surface area contributed by atoms with Crippen LogP contribution in [0.5, 0.6) is 0 Å². The van der Waals surface area contributed by atoms with Gasteiger partial charge in [0.25, 0.3) is 11.4 Å². The van der Waals surface area contributed by atoms with Gasteiger partial charge in [0.15, 0.2) is 10.2 Å². The Labute approximate surface area is 376 Å². The number of nitrogens with zero attached hydrogens (tertiary/aromatic N) is 4. The first kappa shape index (κ1) is 48.7. The molecular formula is C40H44FeN10O8S2+2. The van der Waals surface area contributed by atoms with Crippen LogP contribution < -0.4 is 31.9 Å². The van der Waals surface area contributed by atoms with Crippen molar-refractivity contribution in [2.75, 3.05) is 49.9 Å². The number of nitro benzene ring substituents is 2. The second-order valence-corrected chi connectivity index (χ2v) is 14.4. The van der Waals surface area contributed by atoms with Gasteiger partial charge in [0.1, 0.15) is 12.1 Å². The van der Waals surface area contributed by atoms with Gasteiger partial charge in [-0.2, -0.15) is 0 Å². The molecule has 2 heterocycles. The van der Waals surface area contributed by atoms with E-state index < -0.39 is 21.9 Å². The summed E-state index contributed by atoms with van der Waals surface area (Å²) >= 11 is 10.4. The Hall–Kier alpha value is -4.98. The van der Waals surface area contributed by atoms with Crippen molar-refractivity contribution in [2.24, 2.45) is 0 Å². The fraction of sp³-hybridized carbons (Fsp3) is 0.300. The van der Waals surface area contributed by atoms with Crippen molar-refractivity contribution < 1.29 is 46.1 Å². The number of amides is 4. The van der Waals surface area contributed by atoms with Gasteiger partial charge in [-0.05, 0) is 126 Å². The van der Waals surface area contributed by atoms with Crippen LogP contribution in [0, 0.1) is 83.4 Å². The third-order valence-corrected chi connectivity index (χ3v) is 10.0. The molecule has 0 spiro atoms. The molecule has 2 aliphatic heterocycles. The van der Waals surface area contributed by atoms with Gasteiger partial charge >= 0.3 is 17.1 Å². The van der Waals surface area contributed by atoms with E-state index in [0.717, 1.165) is 12.8 Å². The van der Waals surface area contributed by atoms with Gasteiger partial charge in [0, 0.05) is 74.9 Å². The Morgan fingerprint density at radius 2 is 0.902 bits per heavy atom. The number of nitrogens with one attached hydrogen (secondary N) is 6. The number of carbonyl (C=O) groups is 4. The SMILES string of the molecule is O=C(NCCNC(=S)Nc1ccc([N+](=O)[O-])cc1)[C@@H]1CCCN1C(=O)[C]1[CH][CH][CH][CH]1.O=C(NCCNC(=S)Nc1ccc([N+](=O)[O-])cc1)[C@@H]1CCCN1C(=O)[C]1[CH][CH][CH][CH]1.[Fe+2]. The van der Waals surface area contributed by atoms with E-state index >= 15 is 0 Å². The van der Waals surface area contributed by atoms with E-state index in [9.17, 15) is 39.4 Å². The Balaban J connectivity index is 0.000000264. The number of carbonyl (C=O) groups excluding carboxylic acids is 4. The molecule has 18 nitrogen and oxygen atoms in total. The topological polar surface area (TPSA) is 233 Å². The van der Waals surface area contributed by atoms with E-state index in [1.807, 2.05) is 0 Å². The second kappa shape index (κ2) is 24.5. The molecule has 10 radical (unpaired) electrons.